The molecule has 3 heteroatoms. The van der Waals surface area contributed by atoms with Crippen molar-refractivity contribution >= 4 is 5.97 Å². The summed E-state index contributed by atoms with van der Waals surface area (Å²) in [7, 11) is 0. The summed E-state index contributed by atoms with van der Waals surface area (Å²) in [5.74, 6) is -0.605. The van der Waals surface area contributed by atoms with E-state index in [1.165, 1.54) is 17.7 Å². The molecule has 0 fully saturated rings. The molecule has 0 spiro atoms. The number of phenolic OH excluding ortho intramolecular Hbond substituents is 1. The number of aromatic hydroxyl groups is 1. The van der Waals surface area contributed by atoms with Crippen LogP contribution in [-0.2, 0) is 0 Å². The molecule has 2 N–H and O–H groups in total. The first-order chi connectivity index (χ1) is 8.99. The van der Waals surface area contributed by atoms with Crippen molar-refractivity contribution in [2.24, 2.45) is 0 Å². The first-order valence-electron chi connectivity index (χ1n) is 6.15. The van der Waals surface area contributed by atoms with Gasteiger partial charge in [0.15, 0.2) is 0 Å². The molecule has 0 unspecified atom stereocenters. The van der Waals surface area contributed by atoms with E-state index in [2.05, 4.69) is 13.8 Å². The SMILES string of the molecule is CC(C)c1ccc(-c2ccc(C(=O)O)cc2O)cc1. The molecular formula is C16H16O3. The number of phenols is 1. The summed E-state index contributed by atoms with van der Waals surface area (Å²) >= 11 is 0. The molecule has 2 rings (SSSR count). The smallest absolute Gasteiger partial charge is 0.335 e. The topological polar surface area (TPSA) is 57.5 Å². The highest BCUT2D eigenvalue weighted by molar-refractivity contribution is 5.89. The molecule has 19 heavy (non-hydrogen) atoms. The minimum absolute atomic E-state index is 0.0165. The van der Waals surface area contributed by atoms with E-state index < -0.39 is 5.97 Å². The van der Waals surface area contributed by atoms with Gasteiger partial charge in [0, 0.05) is 5.56 Å². The maximum Gasteiger partial charge on any atom is 0.335 e. The summed E-state index contributed by atoms with van der Waals surface area (Å²) in [5, 5.41) is 18.8. The van der Waals surface area contributed by atoms with Crippen molar-refractivity contribution in [2.75, 3.05) is 0 Å². The number of hydrogen-bond donors (Lipinski definition) is 2. The van der Waals surface area contributed by atoms with Crippen LogP contribution < -0.4 is 0 Å². The third-order valence-corrected chi connectivity index (χ3v) is 3.13. The second-order valence-corrected chi connectivity index (χ2v) is 4.81. The molecule has 0 bridgehead atoms. The lowest BCUT2D eigenvalue weighted by molar-refractivity contribution is 0.0696. The third kappa shape index (κ3) is 2.76. The van der Waals surface area contributed by atoms with Gasteiger partial charge in [-0.25, -0.2) is 4.79 Å². The maximum absolute atomic E-state index is 10.8. The molecule has 0 saturated carbocycles. The van der Waals surface area contributed by atoms with Crippen LogP contribution in [0.3, 0.4) is 0 Å². The average Bonchev–Trinajstić information content (AvgIpc) is 2.38. The van der Waals surface area contributed by atoms with E-state index in [4.69, 9.17) is 5.11 Å². The zero-order chi connectivity index (χ0) is 14.0. The molecule has 0 amide bonds. The second-order valence-electron chi connectivity index (χ2n) is 4.81. The van der Waals surface area contributed by atoms with Crippen molar-refractivity contribution in [3.8, 4) is 16.9 Å². The van der Waals surface area contributed by atoms with Crippen LogP contribution in [0.1, 0.15) is 35.7 Å². The van der Waals surface area contributed by atoms with Gasteiger partial charge in [0.05, 0.1) is 5.56 Å². The lowest BCUT2D eigenvalue weighted by Gasteiger charge is -2.09. The van der Waals surface area contributed by atoms with Gasteiger partial charge in [0.1, 0.15) is 5.75 Å². The normalized spacial score (nSPS) is 10.7. The lowest BCUT2D eigenvalue weighted by atomic mass is 9.97. The lowest BCUT2D eigenvalue weighted by Crippen LogP contribution is -1.95. The van der Waals surface area contributed by atoms with Crippen molar-refractivity contribution in [3.05, 3.63) is 53.6 Å². The van der Waals surface area contributed by atoms with Crippen LogP contribution in [0.4, 0.5) is 0 Å². The van der Waals surface area contributed by atoms with Crippen LogP contribution in [-0.4, -0.2) is 16.2 Å². The molecule has 0 aliphatic rings. The van der Waals surface area contributed by atoms with Gasteiger partial charge in [-0.15, -0.1) is 0 Å². The van der Waals surface area contributed by atoms with Crippen molar-refractivity contribution < 1.29 is 15.0 Å². The van der Waals surface area contributed by atoms with Crippen LogP contribution in [0.2, 0.25) is 0 Å². The number of carboxylic acids is 1. The molecule has 0 radical (unpaired) electrons. The first-order valence-corrected chi connectivity index (χ1v) is 6.15. The van der Waals surface area contributed by atoms with Gasteiger partial charge in [-0.3, -0.25) is 0 Å². The molecule has 2 aromatic rings. The summed E-state index contributed by atoms with van der Waals surface area (Å²) in [6.45, 7) is 4.24. The van der Waals surface area contributed by atoms with E-state index in [0.717, 1.165) is 5.56 Å². The Morgan fingerprint density at radius 2 is 1.68 bits per heavy atom. The summed E-state index contributed by atoms with van der Waals surface area (Å²) in [6.07, 6.45) is 0. The van der Waals surface area contributed by atoms with E-state index in [1.54, 1.807) is 6.07 Å². The number of hydrogen-bond acceptors (Lipinski definition) is 2. The van der Waals surface area contributed by atoms with Gasteiger partial charge < -0.3 is 10.2 Å². The van der Waals surface area contributed by atoms with E-state index in [0.29, 0.717) is 11.5 Å². The van der Waals surface area contributed by atoms with Crippen molar-refractivity contribution in [3.63, 3.8) is 0 Å². The number of benzene rings is 2. The molecule has 0 heterocycles. The highest BCUT2D eigenvalue weighted by Crippen LogP contribution is 2.30. The highest BCUT2D eigenvalue weighted by atomic mass is 16.4. The van der Waals surface area contributed by atoms with E-state index in [1.807, 2.05) is 24.3 Å². The number of carbonyl (C=O) groups is 1. The average molecular weight is 256 g/mol. The van der Waals surface area contributed by atoms with Crippen molar-refractivity contribution in [1.29, 1.82) is 0 Å². The standard InChI is InChI=1S/C16H16O3/c1-10(2)11-3-5-12(6-4-11)14-8-7-13(16(18)19)9-15(14)17/h3-10,17H,1-2H3,(H,18,19). The van der Waals surface area contributed by atoms with Crippen molar-refractivity contribution in [2.45, 2.75) is 19.8 Å². The highest BCUT2D eigenvalue weighted by Gasteiger charge is 2.09. The Bertz CT molecular complexity index is 598. The fourth-order valence-corrected chi connectivity index (χ4v) is 1.96. The summed E-state index contributed by atoms with van der Waals surface area (Å²) in [5.41, 5.74) is 2.82. The van der Waals surface area contributed by atoms with Crippen LogP contribution in [0.5, 0.6) is 5.75 Å². The minimum Gasteiger partial charge on any atom is -0.507 e. The van der Waals surface area contributed by atoms with Crippen molar-refractivity contribution in [1.82, 2.24) is 0 Å². The minimum atomic E-state index is -1.04. The predicted molar refractivity (Wildman–Crippen MR) is 74.6 cm³/mol. The van der Waals surface area contributed by atoms with Gasteiger partial charge in [0.2, 0.25) is 0 Å². The van der Waals surface area contributed by atoms with Crippen LogP contribution in [0, 0.1) is 0 Å². The van der Waals surface area contributed by atoms with E-state index >= 15 is 0 Å². The first kappa shape index (κ1) is 13.1. The van der Waals surface area contributed by atoms with Gasteiger partial charge in [-0.05, 0) is 35.2 Å². The second kappa shape index (κ2) is 5.14. The Balaban J connectivity index is 2.39. The molecule has 0 saturated heterocycles. The monoisotopic (exact) mass is 256 g/mol. The fourth-order valence-electron chi connectivity index (χ4n) is 1.96. The molecule has 0 aromatic heterocycles. The summed E-state index contributed by atoms with van der Waals surface area (Å²) in [4.78, 5) is 10.8. The Morgan fingerprint density at radius 3 is 2.16 bits per heavy atom. The molecule has 0 aliphatic carbocycles. The van der Waals surface area contributed by atoms with Gasteiger partial charge in [-0.2, -0.15) is 0 Å². The van der Waals surface area contributed by atoms with Crippen LogP contribution in [0.15, 0.2) is 42.5 Å². The summed E-state index contributed by atoms with van der Waals surface area (Å²) in [6, 6.07) is 12.3. The molecule has 0 atom stereocenters. The zero-order valence-corrected chi connectivity index (χ0v) is 10.9. The van der Waals surface area contributed by atoms with Gasteiger partial charge in [0.25, 0.3) is 0 Å². The number of carboxylic acid groups (broad SMARTS) is 1. The molecular weight excluding hydrogens is 240 g/mol. The number of aromatic carboxylic acids is 1. The van der Waals surface area contributed by atoms with Crippen LogP contribution in [0.25, 0.3) is 11.1 Å². The molecule has 3 nitrogen and oxygen atoms in total. The summed E-state index contributed by atoms with van der Waals surface area (Å²) < 4.78 is 0. The Labute approximate surface area is 112 Å². The Hall–Kier alpha value is -2.29. The third-order valence-electron chi connectivity index (χ3n) is 3.13. The largest absolute Gasteiger partial charge is 0.507 e. The molecule has 0 aliphatic heterocycles. The molecule has 98 valence electrons. The fraction of sp³-hybridized carbons (Fsp3) is 0.188. The Morgan fingerprint density at radius 1 is 1.05 bits per heavy atom. The van der Waals surface area contributed by atoms with Gasteiger partial charge >= 0.3 is 5.97 Å². The van der Waals surface area contributed by atoms with E-state index in [9.17, 15) is 9.90 Å². The predicted octanol–water partition coefficient (Wildman–Crippen LogP) is 3.88. The number of rotatable bonds is 3. The zero-order valence-electron chi connectivity index (χ0n) is 10.9. The Kier molecular flexibility index (Phi) is 3.56. The maximum atomic E-state index is 10.8. The quantitative estimate of drug-likeness (QED) is 0.876. The van der Waals surface area contributed by atoms with E-state index in [-0.39, 0.29) is 11.3 Å². The van der Waals surface area contributed by atoms with Gasteiger partial charge in [-0.1, -0.05) is 38.1 Å². The molecule has 2 aromatic carbocycles. The van der Waals surface area contributed by atoms with Crippen LogP contribution >= 0.6 is 0 Å².